The number of imidazole rings is 1. The number of aromatic amines is 1. The van der Waals surface area contributed by atoms with E-state index >= 15 is 0 Å². The normalized spacial score (nSPS) is 10.8. The molecule has 0 aliphatic heterocycles. The third-order valence-electron chi connectivity index (χ3n) is 2.48. The predicted octanol–water partition coefficient (Wildman–Crippen LogP) is 2.08. The van der Waals surface area contributed by atoms with E-state index < -0.39 is 0 Å². The van der Waals surface area contributed by atoms with E-state index in [4.69, 9.17) is 16.3 Å². The molecule has 0 radical (unpaired) electrons. The van der Waals surface area contributed by atoms with Crippen LogP contribution in [-0.2, 0) is 0 Å². The number of pyridine rings is 1. The number of ether oxygens (including phenoxy) is 1. The molecule has 7 heteroatoms. The molecule has 0 fully saturated rings. The Kier molecular flexibility index (Phi) is 2.56. The first-order valence-corrected chi connectivity index (χ1v) is 5.53. The summed E-state index contributed by atoms with van der Waals surface area (Å²) in [5.74, 6) is 0.541. The molecule has 0 aliphatic carbocycles. The van der Waals surface area contributed by atoms with Crippen molar-refractivity contribution in [3.8, 4) is 17.1 Å². The van der Waals surface area contributed by atoms with E-state index in [2.05, 4.69) is 24.9 Å². The SMILES string of the molecule is COc1ccc(-c2nc(Cl)nc3nc[nH]c23)cn1. The van der Waals surface area contributed by atoms with Crippen LogP contribution in [0.5, 0.6) is 5.88 Å². The molecule has 3 rings (SSSR count). The fourth-order valence-corrected chi connectivity index (χ4v) is 1.82. The number of hydrogen-bond acceptors (Lipinski definition) is 5. The van der Waals surface area contributed by atoms with Gasteiger partial charge in [-0.3, -0.25) is 0 Å². The average Bonchev–Trinajstić information content (AvgIpc) is 2.86. The van der Waals surface area contributed by atoms with Crippen LogP contribution in [0.15, 0.2) is 24.7 Å². The quantitative estimate of drug-likeness (QED) is 0.715. The number of hydrogen-bond donors (Lipinski definition) is 1. The van der Waals surface area contributed by atoms with Crippen LogP contribution in [0.25, 0.3) is 22.4 Å². The van der Waals surface area contributed by atoms with E-state index in [1.807, 2.05) is 6.07 Å². The second kappa shape index (κ2) is 4.23. The first-order valence-electron chi connectivity index (χ1n) is 5.15. The van der Waals surface area contributed by atoms with Crippen LogP contribution in [-0.4, -0.2) is 32.0 Å². The second-order valence-corrected chi connectivity index (χ2v) is 3.87. The number of halogens is 1. The van der Waals surface area contributed by atoms with E-state index in [0.717, 1.165) is 11.1 Å². The molecule has 0 unspecified atom stereocenters. The van der Waals surface area contributed by atoms with Crippen molar-refractivity contribution in [3.63, 3.8) is 0 Å². The van der Waals surface area contributed by atoms with Gasteiger partial charge >= 0.3 is 0 Å². The van der Waals surface area contributed by atoms with Crippen LogP contribution < -0.4 is 4.74 Å². The van der Waals surface area contributed by atoms with Crippen LogP contribution in [0, 0.1) is 0 Å². The Balaban J connectivity index is 2.20. The molecule has 0 aromatic carbocycles. The smallest absolute Gasteiger partial charge is 0.225 e. The van der Waals surface area contributed by atoms with Gasteiger partial charge in [0.15, 0.2) is 5.65 Å². The molecule has 0 spiro atoms. The molecule has 90 valence electrons. The number of fused-ring (bicyclic) bond motifs is 1. The summed E-state index contributed by atoms with van der Waals surface area (Å²) in [6, 6.07) is 3.61. The topological polar surface area (TPSA) is 76.6 Å². The van der Waals surface area contributed by atoms with E-state index in [1.165, 1.54) is 0 Å². The van der Waals surface area contributed by atoms with Gasteiger partial charge < -0.3 is 9.72 Å². The molecule has 3 heterocycles. The summed E-state index contributed by atoms with van der Waals surface area (Å²) in [5, 5.41) is 0.153. The third-order valence-corrected chi connectivity index (χ3v) is 2.65. The lowest BCUT2D eigenvalue weighted by atomic mass is 10.2. The summed E-state index contributed by atoms with van der Waals surface area (Å²) in [4.78, 5) is 19.4. The fraction of sp³-hybridized carbons (Fsp3) is 0.0909. The highest BCUT2D eigenvalue weighted by molar-refractivity contribution is 6.28. The molecule has 0 saturated heterocycles. The fourth-order valence-electron chi connectivity index (χ4n) is 1.66. The molecule has 0 aliphatic rings. The Morgan fingerprint density at radius 3 is 2.83 bits per heavy atom. The van der Waals surface area contributed by atoms with Gasteiger partial charge in [0.2, 0.25) is 11.2 Å². The van der Waals surface area contributed by atoms with Gasteiger partial charge in [-0.25, -0.2) is 15.0 Å². The summed E-state index contributed by atoms with van der Waals surface area (Å²) >= 11 is 5.87. The van der Waals surface area contributed by atoms with Crippen molar-refractivity contribution in [2.45, 2.75) is 0 Å². The van der Waals surface area contributed by atoms with E-state index in [-0.39, 0.29) is 5.28 Å². The van der Waals surface area contributed by atoms with E-state index in [9.17, 15) is 0 Å². The van der Waals surface area contributed by atoms with Crippen LogP contribution in [0.1, 0.15) is 0 Å². The van der Waals surface area contributed by atoms with Crippen LogP contribution in [0.3, 0.4) is 0 Å². The maximum absolute atomic E-state index is 5.87. The molecule has 6 nitrogen and oxygen atoms in total. The molecule has 0 amide bonds. The maximum Gasteiger partial charge on any atom is 0.225 e. The minimum atomic E-state index is 0.153. The van der Waals surface area contributed by atoms with Crippen molar-refractivity contribution in [3.05, 3.63) is 29.9 Å². The molecular weight excluding hydrogens is 254 g/mol. The lowest BCUT2D eigenvalue weighted by Crippen LogP contribution is -1.92. The zero-order chi connectivity index (χ0) is 12.5. The Bertz CT molecular complexity index is 694. The average molecular weight is 262 g/mol. The van der Waals surface area contributed by atoms with Crippen molar-refractivity contribution in [2.24, 2.45) is 0 Å². The Labute approximate surface area is 107 Å². The summed E-state index contributed by atoms with van der Waals surface area (Å²) in [7, 11) is 1.57. The molecule has 3 aromatic heterocycles. The number of nitrogens with one attached hydrogen (secondary N) is 1. The molecule has 0 atom stereocenters. The highest BCUT2D eigenvalue weighted by Crippen LogP contribution is 2.25. The van der Waals surface area contributed by atoms with E-state index in [0.29, 0.717) is 17.2 Å². The first kappa shape index (κ1) is 10.9. The maximum atomic E-state index is 5.87. The van der Waals surface area contributed by atoms with Gasteiger partial charge in [0, 0.05) is 17.8 Å². The lowest BCUT2D eigenvalue weighted by Gasteiger charge is -2.03. The van der Waals surface area contributed by atoms with Gasteiger partial charge in [0.05, 0.1) is 13.4 Å². The van der Waals surface area contributed by atoms with Gasteiger partial charge in [0.25, 0.3) is 0 Å². The van der Waals surface area contributed by atoms with Gasteiger partial charge in [-0.2, -0.15) is 4.98 Å². The summed E-state index contributed by atoms with van der Waals surface area (Å²) in [6.07, 6.45) is 3.22. The molecule has 1 N–H and O–H groups in total. The summed E-state index contributed by atoms with van der Waals surface area (Å²) in [6.45, 7) is 0. The van der Waals surface area contributed by atoms with Crippen molar-refractivity contribution in [1.29, 1.82) is 0 Å². The summed E-state index contributed by atoms with van der Waals surface area (Å²) < 4.78 is 5.01. The number of methoxy groups -OCH3 is 1. The number of aromatic nitrogens is 5. The number of rotatable bonds is 2. The molecule has 0 bridgehead atoms. The van der Waals surface area contributed by atoms with Crippen LogP contribution in [0.2, 0.25) is 5.28 Å². The van der Waals surface area contributed by atoms with Crippen molar-refractivity contribution in [2.75, 3.05) is 7.11 Å². The van der Waals surface area contributed by atoms with Crippen molar-refractivity contribution >= 4 is 22.8 Å². The Morgan fingerprint density at radius 2 is 2.11 bits per heavy atom. The standard InChI is InChI=1S/C11H8ClN5O/c1-18-7-3-2-6(4-13-7)8-9-10(15-5-14-9)17-11(12)16-8/h2-5H,1H3,(H,14,15,16,17). The molecule has 3 aromatic rings. The Hall–Kier alpha value is -2.21. The van der Waals surface area contributed by atoms with Gasteiger partial charge in [0.1, 0.15) is 11.2 Å². The predicted molar refractivity (Wildman–Crippen MR) is 66.5 cm³/mol. The highest BCUT2D eigenvalue weighted by Gasteiger charge is 2.11. The minimum Gasteiger partial charge on any atom is -0.481 e. The van der Waals surface area contributed by atoms with Crippen LogP contribution in [0.4, 0.5) is 0 Å². The summed E-state index contributed by atoms with van der Waals surface area (Å²) in [5.41, 5.74) is 2.74. The van der Waals surface area contributed by atoms with Gasteiger partial charge in [-0.15, -0.1) is 0 Å². The van der Waals surface area contributed by atoms with Crippen LogP contribution >= 0.6 is 11.6 Å². The number of nitrogens with zero attached hydrogens (tertiary/aromatic N) is 4. The van der Waals surface area contributed by atoms with Crippen molar-refractivity contribution < 1.29 is 4.74 Å². The van der Waals surface area contributed by atoms with E-state index in [1.54, 1.807) is 25.7 Å². The molecular formula is C11H8ClN5O. The Morgan fingerprint density at radius 1 is 1.22 bits per heavy atom. The molecule has 18 heavy (non-hydrogen) atoms. The van der Waals surface area contributed by atoms with Gasteiger partial charge in [-0.1, -0.05) is 0 Å². The first-order chi connectivity index (χ1) is 8.78. The minimum absolute atomic E-state index is 0.153. The molecule has 0 saturated carbocycles. The zero-order valence-electron chi connectivity index (χ0n) is 9.38. The third kappa shape index (κ3) is 1.76. The van der Waals surface area contributed by atoms with Crippen molar-refractivity contribution in [1.82, 2.24) is 24.9 Å². The largest absolute Gasteiger partial charge is 0.481 e. The second-order valence-electron chi connectivity index (χ2n) is 3.53. The lowest BCUT2D eigenvalue weighted by molar-refractivity contribution is 0.398. The number of H-pyrrole nitrogens is 1. The highest BCUT2D eigenvalue weighted by atomic mass is 35.5. The van der Waals surface area contributed by atoms with Gasteiger partial charge in [-0.05, 0) is 17.7 Å². The zero-order valence-corrected chi connectivity index (χ0v) is 10.1. The monoisotopic (exact) mass is 261 g/mol.